The molecule has 7 heteroatoms. The van der Waals surface area contributed by atoms with E-state index in [0.717, 1.165) is 5.56 Å². The van der Waals surface area contributed by atoms with Crippen molar-refractivity contribution in [1.29, 1.82) is 0 Å². The van der Waals surface area contributed by atoms with E-state index in [9.17, 15) is 9.59 Å². The fourth-order valence-electron chi connectivity index (χ4n) is 2.27. The number of pyridine rings is 1. The van der Waals surface area contributed by atoms with Crippen LogP contribution in [0.25, 0.3) is 0 Å². The fraction of sp³-hybridized carbons (Fsp3) is 0.176. The standard InChI is InChI=1S/C17H15ClN4O2/c1-11-2-3-13(10-14(11)18)22-16(23)5-4-15(21-22)17(24)20-12-6-8-19-9-7-12/h2-3,6-10H,4-5H2,1H3,(H,19,20,24). The number of aromatic nitrogens is 1. The van der Waals surface area contributed by atoms with E-state index in [4.69, 9.17) is 11.6 Å². The zero-order valence-corrected chi connectivity index (χ0v) is 13.7. The molecular formula is C17H15ClN4O2. The van der Waals surface area contributed by atoms with Gasteiger partial charge in [-0.3, -0.25) is 14.6 Å². The van der Waals surface area contributed by atoms with Gasteiger partial charge in [-0.15, -0.1) is 0 Å². The lowest BCUT2D eigenvalue weighted by molar-refractivity contribution is -0.118. The molecule has 2 heterocycles. The van der Waals surface area contributed by atoms with Gasteiger partial charge in [-0.2, -0.15) is 5.10 Å². The van der Waals surface area contributed by atoms with E-state index < -0.39 is 0 Å². The van der Waals surface area contributed by atoms with Crippen LogP contribution in [0.5, 0.6) is 0 Å². The van der Waals surface area contributed by atoms with E-state index in [1.807, 2.05) is 13.0 Å². The molecule has 0 atom stereocenters. The lowest BCUT2D eigenvalue weighted by atomic mass is 10.1. The molecule has 122 valence electrons. The summed E-state index contributed by atoms with van der Waals surface area (Å²) in [6.07, 6.45) is 3.69. The second-order valence-corrected chi connectivity index (χ2v) is 5.78. The number of nitrogens with one attached hydrogen (secondary N) is 1. The Morgan fingerprint density at radius 3 is 2.67 bits per heavy atom. The van der Waals surface area contributed by atoms with Gasteiger partial charge in [0.2, 0.25) is 5.91 Å². The maximum atomic E-state index is 12.3. The van der Waals surface area contributed by atoms with Crippen LogP contribution in [-0.2, 0) is 9.59 Å². The van der Waals surface area contributed by atoms with Crippen LogP contribution in [0, 0.1) is 6.92 Å². The Balaban J connectivity index is 1.85. The summed E-state index contributed by atoms with van der Waals surface area (Å²) >= 11 is 6.12. The molecule has 1 aromatic carbocycles. The summed E-state index contributed by atoms with van der Waals surface area (Å²) in [5.41, 5.74) is 2.37. The highest BCUT2D eigenvalue weighted by molar-refractivity contribution is 6.44. The van der Waals surface area contributed by atoms with Gasteiger partial charge >= 0.3 is 0 Å². The zero-order valence-electron chi connectivity index (χ0n) is 13.0. The highest BCUT2D eigenvalue weighted by Crippen LogP contribution is 2.26. The van der Waals surface area contributed by atoms with Crippen LogP contribution in [0.3, 0.4) is 0 Å². The molecule has 0 saturated heterocycles. The van der Waals surface area contributed by atoms with Crippen LogP contribution < -0.4 is 10.3 Å². The topological polar surface area (TPSA) is 74.7 Å². The van der Waals surface area contributed by atoms with Crippen molar-refractivity contribution < 1.29 is 9.59 Å². The Labute approximate surface area is 144 Å². The normalized spacial score (nSPS) is 14.3. The molecule has 0 aliphatic carbocycles. The highest BCUT2D eigenvalue weighted by Gasteiger charge is 2.26. The van der Waals surface area contributed by atoms with Gasteiger partial charge in [-0.1, -0.05) is 17.7 Å². The molecule has 0 bridgehead atoms. The first-order valence-corrected chi connectivity index (χ1v) is 7.80. The van der Waals surface area contributed by atoms with Crippen molar-refractivity contribution in [2.24, 2.45) is 5.10 Å². The summed E-state index contributed by atoms with van der Waals surface area (Å²) in [6.45, 7) is 1.88. The zero-order chi connectivity index (χ0) is 17.1. The number of halogens is 1. The molecule has 1 aliphatic rings. The number of hydrogen-bond donors (Lipinski definition) is 1. The maximum absolute atomic E-state index is 12.3. The van der Waals surface area contributed by atoms with Crippen molar-refractivity contribution >= 4 is 40.5 Å². The first kappa shape index (κ1) is 16.1. The van der Waals surface area contributed by atoms with Gasteiger partial charge in [0, 0.05) is 35.9 Å². The third-order valence-electron chi connectivity index (χ3n) is 3.63. The second kappa shape index (κ2) is 6.80. The quantitative estimate of drug-likeness (QED) is 0.931. The van der Waals surface area contributed by atoms with E-state index in [1.54, 1.807) is 36.7 Å². The number of nitrogens with zero attached hydrogens (tertiary/aromatic N) is 3. The monoisotopic (exact) mass is 342 g/mol. The van der Waals surface area contributed by atoms with Crippen molar-refractivity contribution in [3.8, 4) is 0 Å². The average molecular weight is 343 g/mol. The minimum Gasteiger partial charge on any atom is -0.321 e. The molecule has 1 aromatic heterocycles. The summed E-state index contributed by atoms with van der Waals surface area (Å²) in [5.74, 6) is -0.507. The van der Waals surface area contributed by atoms with Gasteiger partial charge in [-0.25, -0.2) is 5.01 Å². The molecule has 2 aromatic rings. The average Bonchev–Trinajstić information content (AvgIpc) is 2.59. The lowest BCUT2D eigenvalue weighted by Gasteiger charge is -2.23. The van der Waals surface area contributed by atoms with Crippen molar-refractivity contribution in [2.45, 2.75) is 19.8 Å². The molecule has 3 rings (SSSR count). The molecule has 0 radical (unpaired) electrons. The van der Waals surface area contributed by atoms with Gasteiger partial charge < -0.3 is 5.32 Å². The van der Waals surface area contributed by atoms with Crippen molar-refractivity contribution in [3.63, 3.8) is 0 Å². The van der Waals surface area contributed by atoms with Crippen molar-refractivity contribution in [3.05, 3.63) is 53.3 Å². The Bertz CT molecular complexity index is 821. The van der Waals surface area contributed by atoms with Gasteiger partial charge in [0.25, 0.3) is 5.91 Å². The summed E-state index contributed by atoms with van der Waals surface area (Å²) in [6, 6.07) is 8.61. The van der Waals surface area contributed by atoms with Crippen molar-refractivity contribution in [2.75, 3.05) is 10.3 Å². The van der Waals surface area contributed by atoms with Crippen LogP contribution in [0.2, 0.25) is 5.02 Å². The number of amides is 2. The first-order chi connectivity index (χ1) is 11.5. The largest absolute Gasteiger partial charge is 0.321 e. The van der Waals surface area contributed by atoms with Gasteiger partial charge in [0.05, 0.1) is 5.69 Å². The number of hydrogen-bond acceptors (Lipinski definition) is 4. The molecule has 0 unspecified atom stereocenters. The van der Waals surface area contributed by atoms with E-state index in [1.165, 1.54) is 5.01 Å². The first-order valence-electron chi connectivity index (χ1n) is 7.42. The Morgan fingerprint density at radius 2 is 1.96 bits per heavy atom. The number of carbonyl (C=O) groups excluding carboxylic acids is 2. The predicted octanol–water partition coefficient (Wildman–Crippen LogP) is 3.16. The van der Waals surface area contributed by atoms with Crippen LogP contribution in [0.15, 0.2) is 47.8 Å². The smallest absolute Gasteiger partial charge is 0.271 e. The number of rotatable bonds is 3. The molecule has 1 N–H and O–H groups in total. The van der Waals surface area contributed by atoms with Crippen LogP contribution in [0.1, 0.15) is 18.4 Å². The van der Waals surface area contributed by atoms with Gasteiger partial charge in [-0.05, 0) is 36.8 Å². The Kier molecular flexibility index (Phi) is 4.57. The molecule has 1 aliphatic heterocycles. The highest BCUT2D eigenvalue weighted by atomic mass is 35.5. The van der Waals surface area contributed by atoms with E-state index in [2.05, 4.69) is 15.4 Å². The minimum atomic E-state index is -0.336. The van der Waals surface area contributed by atoms with Gasteiger partial charge in [0.15, 0.2) is 0 Å². The molecule has 0 spiro atoms. The number of carbonyl (C=O) groups is 2. The number of aryl methyl sites for hydroxylation is 1. The summed E-state index contributed by atoms with van der Waals surface area (Å²) in [4.78, 5) is 28.4. The number of anilines is 2. The van der Waals surface area contributed by atoms with E-state index in [0.29, 0.717) is 28.5 Å². The molecule has 24 heavy (non-hydrogen) atoms. The Morgan fingerprint density at radius 1 is 1.21 bits per heavy atom. The predicted molar refractivity (Wildman–Crippen MR) is 93.2 cm³/mol. The molecule has 0 fully saturated rings. The third-order valence-corrected chi connectivity index (χ3v) is 4.04. The molecule has 2 amide bonds. The van der Waals surface area contributed by atoms with E-state index >= 15 is 0 Å². The Hall–Kier alpha value is -2.73. The summed E-state index contributed by atoms with van der Waals surface area (Å²) in [7, 11) is 0. The minimum absolute atomic E-state index is 0.171. The maximum Gasteiger partial charge on any atom is 0.271 e. The second-order valence-electron chi connectivity index (χ2n) is 5.38. The van der Waals surface area contributed by atoms with Crippen molar-refractivity contribution in [1.82, 2.24) is 4.98 Å². The van der Waals surface area contributed by atoms with Crippen LogP contribution in [0.4, 0.5) is 11.4 Å². The fourth-order valence-corrected chi connectivity index (χ4v) is 2.45. The number of hydrazone groups is 1. The van der Waals surface area contributed by atoms with Gasteiger partial charge in [0.1, 0.15) is 5.71 Å². The van der Waals surface area contributed by atoms with E-state index in [-0.39, 0.29) is 18.2 Å². The molecular weight excluding hydrogens is 328 g/mol. The number of benzene rings is 1. The SMILES string of the molecule is Cc1ccc(N2N=C(C(=O)Nc3ccncc3)CCC2=O)cc1Cl. The lowest BCUT2D eigenvalue weighted by Crippen LogP contribution is -2.36. The summed E-state index contributed by atoms with van der Waals surface area (Å²) in [5, 5.41) is 8.74. The summed E-state index contributed by atoms with van der Waals surface area (Å²) < 4.78 is 0. The third kappa shape index (κ3) is 3.44. The van der Waals surface area contributed by atoms with Crippen LogP contribution >= 0.6 is 11.6 Å². The molecule has 6 nitrogen and oxygen atoms in total. The van der Waals surface area contributed by atoms with Crippen LogP contribution in [-0.4, -0.2) is 22.5 Å². The molecule has 0 saturated carbocycles.